The second-order valence-electron chi connectivity index (χ2n) is 4.46. The summed E-state index contributed by atoms with van der Waals surface area (Å²) in [5, 5.41) is 9.86. The summed E-state index contributed by atoms with van der Waals surface area (Å²) in [4.78, 5) is 12.9. The number of aromatic hydroxyl groups is 1. The van der Waals surface area contributed by atoms with E-state index in [2.05, 4.69) is 0 Å². The van der Waals surface area contributed by atoms with Crippen LogP contribution in [0.3, 0.4) is 0 Å². The minimum atomic E-state index is -0.378. The Bertz CT molecular complexity index is 419. The molecule has 18 heavy (non-hydrogen) atoms. The highest BCUT2D eigenvalue weighted by Crippen LogP contribution is 2.24. The number of methoxy groups -OCH3 is 1. The van der Waals surface area contributed by atoms with E-state index in [0.29, 0.717) is 12.3 Å². The van der Waals surface area contributed by atoms with Gasteiger partial charge < -0.3 is 15.6 Å². The predicted octanol–water partition coefficient (Wildman–Crippen LogP) is 1.10. The first kappa shape index (κ1) is 14.3. The Balaban J connectivity index is 2.83. The maximum atomic E-state index is 11.0. The first-order valence-corrected chi connectivity index (χ1v) is 5.82. The van der Waals surface area contributed by atoms with Gasteiger partial charge in [-0.05, 0) is 19.9 Å². The van der Waals surface area contributed by atoms with Crippen molar-refractivity contribution in [2.24, 2.45) is 5.73 Å². The molecule has 0 atom stereocenters. The largest absolute Gasteiger partial charge is 0.507 e. The number of carbonyl (C=O) groups excluding carboxylic acids is 1. The zero-order chi connectivity index (χ0) is 13.7. The Kier molecular flexibility index (Phi) is 4.97. The van der Waals surface area contributed by atoms with Gasteiger partial charge >= 0.3 is 0 Å². The molecule has 3 N–H and O–H groups in total. The molecule has 0 saturated carbocycles. The third-order valence-corrected chi connectivity index (χ3v) is 2.76. The number of carbonyl (C=O) groups is 1. The number of nitrogens with zero attached hydrogens (tertiary/aromatic N) is 1. The lowest BCUT2D eigenvalue weighted by atomic mass is 10.1. The molecule has 0 aromatic heterocycles. The van der Waals surface area contributed by atoms with Gasteiger partial charge in [0.05, 0.1) is 13.7 Å². The second-order valence-corrected chi connectivity index (χ2v) is 4.46. The van der Waals surface area contributed by atoms with Crippen LogP contribution in [-0.4, -0.2) is 35.6 Å². The molecule has 0 saturated heterocycles. The van der Waals surface area contributed by atoms with Gasteiger partial charge in [-0.15, -0.1) is 0 Å². The lowest BCUT2D eigenvalue weighted by molar-refractivity contribution is -0.119. The van der Waals surface area contributed by atoms with Crippen LogP contribution in [0.1, 0.15) is 19.4 Å². The summed E-state index contributed by atoms with van der Waals surface area (Å²) in [7, 11) is 1.54. The van der Waals surface area contributed by atoms with Crippen molar-refractivity contribution in [2.45, 2.75) is 26.4 Å². The summed E-state index contributed by atoms with van der Waals surface area (Å²) in [6.07, 6.45) is 0. The SMILES string of the molecule is COc1ccc(CN(CC(N)=O)C(C)C)c(O)c1. The summed E-state index contributed by atoms with van der Waals surface area (Å²) in [6, 6.07) is 5.28. The zero-order valence-electron chi connectivity index (χ0n) is 11.0. The number of hydrogen-bond donors (Lipinski definition) is 2. The Morgan fingerprint density at radius 3 is 2.61 bits per heavy atom. The van der Waals surface area contributed by atoms with Gasteiger partial charge in [-0.2, -0.15) is 0 Å². The third-order valence-electron chi connectivity index (χ3n) is 2.76. The molecular weight excluding hydrogens is 232 g/mol. The molecule has 0 aliphatic carbocycles. The molecule has 0 fully saturated rings. The number of phenolic OH excluding ortho intramolecular Hbond substituents is 1. The number of phenols is 1. The molecule has 0 aliphatic heterocycles. The van der Waals surface area contributed by atoms with E-state index in [1.54, 1.807) is 25.3 Å². The van der Waals surface area contributed by atoms with E-state index in [0.717, 1.165) is 5.56 Å². The van der Waals surface area contributed by atoms with Gasteiger partial charge in [0.15, 0.2) is 0 Å². The van der Waals surface area contributed by atoms with E-state index in [-0.39, 0.29) is 24.2 Å². The fourth-order valence-corrected chi connectivity index (χ4v) is 1.64. The molecule has 5 nitrogen and oxygen atoms in total. The van der Waals surface area contributed by atoms with E-state index < -0.39 is 0 Å². The smallest absolute Gasteiger partial charge is 0.231 e. The fourth-order valence-electron chi connectivity index (χ4n) is 1.64. The van der Waals surface area contributed by atoms with E-state index in [1.807, 2.05) is 18.7 Å². The number of benzene rings is 1. The lowest BCUT2D eigenvalue weighted by Gasteiger charge is -2.25. The summed E-state index contributed by atoms with van der Waals surface area (Å²) in [6.45, 7) is 4.59. The summed E-state index contributed by atoms with van der Waals surface area (Å²) in [5.74, 6) is 0.378. The van der Waals surface area contributed by atoms with Gasteiger partial charge in [-0.25, -0.2) is 0 Å². The van der Waals surface area contributed by atoms with Crippen molar-refractivity contribution >= 4 is 5.91 Å². The third kappa shape index (κ3) is 3.92. The van der Waals surface area contributed by atoms with E-state index >= 15 is 0 Å². The molecule has 0 radical (unpaired) electrons. The topological polar surface area (TPSA) is 75.8 Å². The standard InChI is InChI=1S/C13H20N2O3/c1-9(2)15(8-13(14)17)7-10-4-5-11(18-3)6-12(10)16/h4-6,9,16H,7-8H2,1-3H3,(H2,14,17). The average molecular weight is 252 g/mol. The number of hydrogen-bond acceptors (Lipinski definition) is 4. The molecule has 0 spiro atoms. The summed E-state index contributed by atoms with van der Waals surface area (Å²) >= 11 is 0. The first-order chi connectivity index (χ1) is 8.43. The molecule has 1 aromatic carbocycles. The molecule has 5 heteroatoms. The molecule has 100 valence electrons. The minimum absolute atomic E-state index is 0.157. The van der Waals surface area contributed by atoms with Crippen LogP contribution in [0.4, 0.5) is 0 Å². The van der Waals surface area contributed by atoms with E-state index in [1.165, 1.54) is 0 Å². The van der Waals surface area contributed by atoms with Crippen molar-refractivity contribution in [2.75, 3.05) is 13.7 Å². The van der Waals surface area contributed by atoms with Gasteiger partial charge in [0.2, 0.25) is 5.91 Å². The molecule has 0 unspecified atom stereocenters. The monoisotopic (exact) mass is 252 g/mol. The molecule has 0 heterocycles. The van der Waals surface area contributed by atoms with E-state index in [4.69, 9.17) is 10.5 Å². The lowest BCUT2D eigenvalue weighted by Crippen LogP contribution is -2.37. The van der Waals surface area contributed by atoms with Crippen LogP contribution in [0.5, 0.6) is 11.5 Å². The Morgan fingerprint density at radius 1 is 1.50 bits per heavy atom. The zero-order valence-corrected chi connectivity index (χ0v) is 11.0. The molecule has 0 aliphatic rings. The van der Waals surface area contributed by atoms with Crippen molar-refractivity contribution in [3.05, 3.63) is 23.8 Å². The predicted molar refractivity (Wildman–Crippen MR) is 69.4 cm³/mol. The number of nitrogens with two attached hydrogens (primary N) is 1. The number of ether oxygens (including phenoxy) is 1. The van der Waals surface area contributed by atoms with E-state index in [9.17, 15) is 9.90 Å². The number of primary amides is 1. The van der Waals surface area contributed by atoms with Crippen LogP contribution in [0.15, 0.2) is 18.2 Å². The fraction of sp³-hybridized carbons (Fsp3) is 0.462. The molecule has 1 aromatic rings. The van der Waals surface area contributed by atoms with Crippen molar-refractivity contribution in [1.82, 2.24) is 4.90 Å². The van der Waals surface area contributed by atoms with Gasteiger partial charge in [-0.3, -0.25) is 9.69 Å². The molecular formula is C13H20N2O3. The normalized spacial score (nSPS) is 10.9. The highest BCUT2D eigenvalue weighted by atomic mass is 16.5. The van der Waals surface area contributed by atoms with Crippen molar-refractivity contribution < 1.29 is 14.6 Å². The molecule has 1 rings (SSSR count). The Hall–Kier alpha value is -1.75. The highest BCUT2D eigenvalue weighted by Gasteiger charge is 2.14. The van der Waals surface area contributed by atoms with Gasteiger partial charge in [0, 0.05) is 24.2 Å². The average Bonchev–Trinajstić information content (AvgIpc) is 2.29. The maximum absolute atomic E-state index is 11.0. The van der Waals surface area contributed by atoms with Crippen LogP contribution >= 0.6 is 0 Å². The summed E-state index contributed by atoms with van der Waals surface area (Å²) < 4.78 is 5.02. The van der Waals surface area contributed by atoms with Crippen molar-refractivity contribution in [1.29, 1.82) is 0 Å². The highest BCUT2D eigenvalue weighted by molar-refractivity contribution is 5.75. The summed E-state index contributed by atoms with van der Waals surface area (Å²) in [5.41, 5.74) is 5.95. The molecule has 0 bridgehead atoms. The first-order valence-electron chi connectivity index (χ1n) is 5.82. The van der Waals surface area contributed by atoms with Crippen molar-refractivity contribution in [3.63, 3.8) is 0 Å². The Labute approximate surface area is 107 Å². The minimum Gasteiger partial charge on any atom is -0.507 e. The maximum Gasteiger partial charge on any atom is 0.231 e. The molecule has 1 amide bonds. The van der Waals surface area contributed by atoms with Gasteiger partial charge in [0.1, 0.15) is 11.5 Å². The van der Waals surface area contributed by atoms with Crippen LogP contribution in [0.2, 0.25) is 0 Å². The number of rotatable bonds is 6. The number of amides is 1. The Morgan fingerprint density at radius 2 is 2.17 bits per heavy atom. The van der Waals surface area contributed by atoms with Gasteiger partial charge in [0.25, 0.3) is 0 Å². The van der Waals surface area contributed by atoms with Crippen LogP contribution in [0.25, 0.3) is 0 Å². The van der Waals surface area contributed by atoms with Crippen molar-refractivity contribution in [3.8, 4) is 11.5 Å². The quantitative estimate of drug-likeness (QED) is 0.795. The van der Waals surface area contributed by atoms with Crippen LogP contribution in [-0.2, 0) is 11.3 Å². The van der Waals surface area contributed by atoms with Crippen LogP contribution in [0, 0.1) is 0 Å². The van der Waals surface area contributed by atoms with Gasteiger partial charge in [-0.1, -0.05) is 6.07 Å². The van der Waals surface area contributed by atoms with Crippen LogP contribution < -0.4 is 10.5 Å². The second kappa shape index (κ2) is 6.26.